The number of pyridine rings is 1. The number of halogens is 1. The molecule has 2 N–H and O–H groups in total. The second-order valence-corrected chi connectivity index (χ2v) is 6.58. The zero-order chi connectivity index (χ0) is 16.8. The van der Waals surface area contributed by atoms with Crippen LogP contribution in [0.1, 0.15) is 44.9 Å². The molecule has 1 saturated carbocycles. The lowest BCUT2D eigenvalue weighted by Crippen LogP contribution is -2.45. The van der Waals surface area contributed by atoms with Crippen molar-refractivity contribution in [2.45, 2.75) is 51.5 Å². The van der Waals surface area contributed by atoms with Crippen molar-refractivity contribution >= 4 is 35.6 Å². The minimum absolute atomic E-state index is 0. The molecule has 2 unspecified atom stereocenters. The van der Waals surface area contributed by atoms with Crippen molar-refractivity contribution in [3.05, 3.63) is 30.2 Å². The Morgan fingerprint density at radius 2 is 2.20 bits per heavy atom. The molecule has 2 aromatic rings. The lowest BCUT2D eigenvalue weighted by molar-refractivity contribution is 0.298. The molecule has 3 rings (SSSR count). The van der Waals surface area contributed by atoms with Crippen LogP contribution in [0.2, 0.25) is 0 Å². The Balaban J connectivity index is 0.00000225. The van der Waals surface area contributed by atoms with Crippen LogP contribution in [0, 0.1) is 5.92 Å². The topological polar surface area (TPSA) is 66.6 Å². The summed E-state index contributed by atoms with van der Waals surface area (Å²) in [5.41, 5.74) is 0.892. The summed E-state index contributed by atoms with van der Waals surface area (Å²) in [7, 11) is 1.84. The predicted octanol–water partition coefficient (Wildman–Crippen LogP) is 3.02. The standard InChI is InChI=1S/C18H28N6.HI/c1-3-14-7-6-8-15(13-14)21-18(19-2)20-11-10-17-23-22-16-9-4-5-12-24(16)17;/h4-5,9,12,14-15H,3,6-8,10-11,13H2,1-2H3,(H2,19,20,21);1H. The molecule has 0 radical (unpaired) electrons. The highest BCUT2D eigenvalue weighted by atomic mass is 127. The maximum Gasteiger partial charge on any atom is 0.191 e. The Morgan fingerprint density at radius 3 is 3.00 bits per heavy atom. The van der Waals surface area contributed by atoms with Crippen LogP contribution in [0.15, 0.2) is 29.4 Å². The van der Waals surface area contributed by atoms with Crippen molar-refractivity contribution in [2.24, 2.45) is 10.9 Å². The molecule has 0 aliphatic heterocycles. The van der Waals surface area contributed by atoms with Crippen molar-refractivity contribution in [3.63, 3.8) is 0 Å². The van der Waals surface area contributed by atoms with Crippen molar-refractivity contribution in [3.8, 4) is 0 Å². The van der Waals surface area contributed by atoms with Gasteiger partial charge < -0.3 is 10.6 Å². The molecular weight excluding hydrogens is 427 g/mol. The fourth-order valence-electron chi connectivity index (χ4n) is 3.53. The number of fused-ring (bicyclic) bond motifs is 1. The zero-order valence-corrected chi connectivity index (χ0v) is 17.4. The van der Waals surface area contributed by atoms with E-state index in [1.54, 1.807) is 0 Å². The van der Waals surface area contributed by atoms with E-state index in [0.29, 0.717) is 6.04 Å². The Bertz CT molecular complexity index is 683. The first-order chi connectivity index (χ1) is 11.8. The van der Waals surface area contributed by atoms with Gasteiger partial charge in [0.1, 0.15) is 5.82 Å². The lowest BCUT2D eigenvalue weighted by Gasteiger charge is -2.30. The van der Waals surface area contributed by atoms with Crippen LogP contribution in [0.4, 0.5) is 0 Å². The lowest BCUT2D eigenvalue weighted by atomic mass is 9.84. The number of nitrogens with zero attached hydrogens (tertiary/aromatic N) is 4. The largest absolute Gasteiger partial charge is 0.356 e. The molecule has 1 aliphatic carbocycles. The molecule has 25 heavy (non-hydrogen) atoms. The van der Waals surface area contributed by atoms with E-state index < -0.39 is 0 Å². The van der Waals surface area contributed by atoms with Crippen LogP contribution in [-0.4, -0.2) is 40.2 Å². The fraction of sp³-hybridized carbons (Fsp3) is 0.611. The molecule has 7 heteroatoms. The molecule has 2 atom stereocenters. The van der Waals surface area contributed by atoms with E-state index in [-0.39, 0.29) is 24.0 Å². The molecule has 0 spiro atoms. The molecule has 1 aliphatic rings. The van der Waals surface area contributed by atoms with Crippen LogP contribution in [0.25, 0.3) is 5.65 Å². The van der Waals surface area contributed by atoms with Gasteiger partial charge in [-0.05, 0) is 30.9 Å². The van der Waals surface area contributed by atoms with Gasteiger partial charge in [0.25, 0.3) is 0 Å². The summed E-state index contributed by atoms with van der Waals surface area (Å²) in [6.07, 6.45) is 9.29. The molecule has 2 aromatic heterocycles. The Kier molecular flexibility index (Phi) is 7.92. The first-order valence-electron chi connectivity index (χ1n) is 9.06. The van der Waals surface area contributed by atoms with Crippen LogP contribution in [-0.2, 0) is 6.42 Å². The highest BCUT2D eigenvalue weighted by Crippen LogP contribution is 2.26. The predicted molar refractivity (Wildman–Crippen MR) is 113 cm³/mol. The second kappa shape index (κ2) is 9.94. The third kappa shape index (κ3) is 5.29. The number of aromatic nitrogens is 3. The summed E-state index contributed by atoms with van der Waals surface area (Å²) >= 11 is 0. The molecule has 0 saturated heterocycles. The summed E-state index contributed by atoms with van der Waals surface area (Å²) < 4.78 is 2.03. The number of nitrogens with one attached hydrogen (secondary N) is 2. The quantitative estimate of drug-likeness (QED) is 0.413. The minimum Gasteiger partial charge on any atom is -0.356 e. The van der Waals surface area contributed by atoms with E-state index in [0.717, 1.165) is 36.3 Å². The van der Waals surface area contributed by atoms with Gasteiger partial charge in [0, 0.05) is 32.3 Å². The van der Waals surface area contributed by atoms with Crippen LogP contribution < -0.4 is 10.6 Å². The van der Waals surface area contributed by atoms with E-state index >= 15 is 0 Å². The van der Waals surface area contributed by atoms with Gasteiger partial charge >= 0.3 is 0 Å². The molecule has 0 bridgehead atoms. The maximum absolute atomic E-state index is 4.37. The highest BCUT2D eigenvalue weighted by molar-refractivity contribution is 14.0. The van der Waals surface area contributed by atoms with Gasteiger partial charge in [-0.1, -0.05) is 32.3 Å². The first kappa shape index (κ1) is 19.9. The van der Waals surface area contributed by atoms with Crippen molar-refractivity contribution < 1.29 is 0 Å². The van der Waals surface area contributed by atoms with Gasteiger partial charge in [-0.25, -0.2) is 0 Å². The van der Waals surface area contributed by atoms with Crippen LogP contribution in [0.3, 0.4) is 0 Å². The van der Waals surface area contributed by atoms with Crippen LogP contribution in [0.5, 0.6) is 0 Å². The summed E-state index contributed by atoms with van der Waals surface area (Å²) in [6.45, 7) is 3.09. The van der Waals surface area contributed by atoms with Crippen molar-refractivity contribution in [2.75, 3.05) is 13.6 Å². The van der Waals surface area contributed by atoms with Gasteiger partial charge in [-0.15, -0.1) is 34.2 Å². The third-order valence-electron chi connectivity index (χ3n) is 4.95. The molecule has 138 valence electrons. The molecule has 2 heterocycles. The van der Waals surface area contributed by atoms with Gasteiger partial charge in [0.05, 0.1) is 0 Å². The van der Waals surface area contributed by atoms with Gasteiger partial charge in [0.15, 0.2) is 11.6 Å². The number of rotatable bonds is 5. The first-order valence-corrected chi connectivity index (χ1v) is 9.06. The third-order valence-corrected chi connectivity index (χ3v) is 4.95. The smallest absolute Gasteiger partial charge is 0.191 e. The van der Waals surface area contributed by atoms with E-state index in [1.807, 2.05) is 35.8 Å². The molecular formula is C18H29IN6. The van der Waals surface area contributed by atoms with Crippen molar-refractivity contribution in [1.29, 1.82) is 0 Å². The van der Waals surface area contributed by atoms with E-state index in [2.05, 4.69) is 32.7 Å². The summed E-state index contributed by atoms with van der Waals surface area (Å²) in [5, 5.41) is 15.4. The second-order valence-electron chi connectivity index (χ2n) is 6.58. The van der Waals surface area contributed by atoms with E-state index in [4.69, 9.17) is 0 Å². The number of hydrogen-bond acceptors (Lipinski definition) is 3. The Hall–Kier alpha value is -1.38. The van der Waals surface area contributed by atoms with Gasteiger partial charge in [0.2, 0.25) is 0 Å². The molecule has 0 aromatic carbocycles. The SMILES string of the molecule is CCC1CCCC(NC(=NC)NCCc2nnc3ccccn23)C1.I. The van der Waals surface area contributed by atoms with E-state index in [9.17, 15) is 0 Å². The van der Waals surface area contributed by atoms with Gasteiger partial charge in [-0.3, -0.25) is 9.39 Å². The van der Waals surface area contributed by atoms with Crippen molar-refractivity contribution in [1.82, 2.24) is 25.2 Å². The van der Waals surface area contributed by atoms with Crippen LogP contribution >= 0.6 is 24.0 Å². The molecule has 6 nitrogen and oxygen atoms in total. The summed E-state index contributed by atoms with van der Waals surface area (Å²) in [4.78, 5) is 4.37. The summed E-state index contributed by atoms with van der Waals surface area (Å²) in [6, 6.07) is 6.49. The number of hydrogen-bond donors (Lipinski definition) is 2. The fourth-order valence-corrected chi connectivity index (χ4v) is 3.53. The molecule has 1 fully saturated rings. The average Bonchev–Trinajstić information content (AvgIpc) is 3.04. The summed E-state index contributed by atoms with van der Waals surface area (Å²) in [5.74, 6) is 2.72. The minimum atomic E-state index is 0. The maximum atomic E-state index is 4.37. The monoisotopic (exact) mass is 456 g/mol. The average molecular weight is 456 g/mol. The Morgan fingerprint density at radius 1 is 1.32 bits per heavy atom. The number of guanidine groups is 1. The zero-order valence-electron chi connectivity index (χ0n) is 15.1. The normalized spacial score (nSPS) is 21.0. The van der Waals surface area contributed by atoms with E-state index in [1.165, 1.54) is 32.1 Å². The van der Waals surface area contributed by atoms with Gasteiger partial charge in [-0.2, -0.15) is 0 Å². The molecule has 0 amide bonds. The number of aliphatic imine (C=N–C) groups is 1. The Labute approximate surface area is 166 Å². The highest BCUT2D eigenvalue weighted by Gasteiger charge is 2.21.